The van der Waals surface area contributed by atoms with Crippen molar-refractivity contribution in [2.75, 3.05) is 6.54 Å². The lowest BCUT2D eigenvalue weighted by Gasteiger charge is -2.32. The molecule has 3 rings (SSSR count). The molecule has 0 aliphatic carbocycles. The van der Waals surface area contributed by atoms with Crippen LogP contribution in [0, 0.1) is 0 Å². The van der Waals surface area contributed by atoms with Crippen molar-refractivity contribution in [3.05, 3.63) is 77.9 Å². The number of benzene rings is 2. The highest BCUT2D eigenvalue weighted by molar-refractivity contribution is 6.13. The number of halogens is 1. The van der Waals surface area contributed by atoms with E-state index in [4.69, 9.17) is 10.8 Å². The molecule has 0 spiro atoms. The maximum Gasteiger partial charge on any atom is 0.303 e. The number of hydrogen-bond acceptors (Lipinski definition) is 4. The van der Waals surface area contributed by atoms with E-state index in [1.807, 2.05) is 66.7 Å². The molecule has 26 heavy (non-hydrogen) atoms. The van der Waals surface area contributed by atoms with Gasteiger partial charge in [-0.25, -0.2) is 0 Å². The van der Waals surface area contributed by atoms with Gasteiger partial charge in [0.25, 0.3) is 0 Å². The molecule has 3 N–H and O–H groups in total. The number of carboxylic acid groups (broad SMARTS) is 1. The molecule has 6 heteroatoms. The highest BCUT2D eigenvalue weighted by Gasteiger charge is 2.24. The molecule has 2 aromatic rings. The van der Waals surface area contributed by atoms with Gasteiger partial charge in [-0.15, -0.1) is 12.4 Å². The zero-order chi connectivity index (χ0) is 17.6. The van der Waals surface area contributed by atoms with E-state index in [9.17, 15) is 4.79 Å². The van der Waals surface area contributed by atoms with Crippen molar-refractivity contribution in [3.8, 4) is 0 Å². The van der Waals surface area contributed by atoms with Crippen molar-refractivity contribution in [2.24, 2.45) is 10.8 Å². The third kappa shape index (κ3) is 4.71. The van der Waals surface area contributed by atoms with Crippen molar-refractivity contribution >= 4 is 29.7 Å². The molecule has 0 saturated carbocycles. The van der Waals surface area contributed by atoms with Gasteiger partial charge in [0.1, 0.15) is 6.17 Å². The first-order valence-electron chi connectivity index (χ1n) is 8.30. The van der Waals surface area contributed by atoms with Crippen LogP contribution in [0.25, 0.3) is 5.57 Å². The zero-order valence-electron chi connectivity index (χ0n) is 14.3. The number of aliphatic carboxylic acids is 1. The molecule has 136 valence electrons. The summed E-state index contributed by atoms with van der Waals surface area (Å²) in [5.41, 5.74) is 10.3. The second-order valence-corrected chi connectivity index (χ2v) is 5.92. The molecular weight excluding hydrogens is 350 g/mol. The van der Waals surface area contributed by atoms with Gasteiger partial charge in [-0.05, 0) is 23.6 Å². The minimum absolute atomic E-state index is 0. The quantitative estimate of drug-likeness (QED) is 0.816. The van der Waals surface area contributed by atoms with E-state index in [0.29, 0.717) is 13.0 Å². The van der Waals surface area contributed by atoms with Crippen LogP contribution in [-0.4, -0.2) is 34.5 Å². The molecule has 1 aliphatic heterocycles. The summed E-state index contributed by atoms with van der Waals surface area (Å²) in [6.45, 7) is 0.494. The van der Waals surface area contributed by atoms with E-state index in [1.54, 1.807) is 5.01 Å². The van der Waals surface area contributed by atoms with E-state index < -0.39 is 12.1 Å². The first-order valence-corrected chi connectivity index (χ1v) is 8.30. The van der Waals surface area contributed by atoms with Crippen LogP contribution in [-0.2, 0) is 4.79 Å². The standard InChI is InChI=1S/C20H21N3O2.ClH/c21-20-17(15-8-3-1-4-9-15)14-18(16-10-5-2-6-11-16)22-23(20)13-7-12-19(24)25;/h1-6,8-11,14,20H,7,12-13,21H2,(H,24,25);1H. The van der Waals surface area contributed by atoms with Gasteiger partial charge in [0.15, 0.2) is 0 Å². The van der Waals surface area contributed by atoms with Gasteiger partial charge in [-0.1, -0.05) is 60.7 Å². The molecule has 1 unspecified atom stereocenters. The molecule has 2 aromatic carbocycles. The van der Waals surface area contributed by atoms with Crippen LogP contribution in [0.15, 0.2) is 71.8 Å². The van der Waals surface area contributed by atoms with E-state index in [2.05, 4.69) is 5.10 Å². The number of allylic oxidation sites excluding steroid dienone is 1. The van der Waals surface area contributed by atoms with E-state index >= 15 is 0 Å². The molecule has 0 saturated heterocycles. The van der Waals surface area contributed by atoms with Crippen molar-refractivity contribution in [1.82, 2.24) is 5.01 Å². The normalized spacial score (nSPS) is 16.3. The molecule has 1 heterocycles. The maximum absolute atomic E-state index is 10.8. The summed E-state index contributed by atoms with van der Waals surface area (Å²) in [6, 6.07) is 19.9. The van der Waals surface area contributed by atoms with Crippen LogP contribution in [0.4, 0.5) is 0 Å². The minimum Gasteiger partial charge on any atom is -0.481 e. The van der Waals surface area contributed by atoms with Crippen LogP contribution in [0.5, 0.6) is 0 Å². The van der Waals surface area contributed by atoms with Gasteiger partial charge in [-0.2, -0.15) is 5.10 Å². The number of carbonyl (C=O) groups is 1. The Hall–Kier alpha value is -2.63. The van der Waals surface area contributed by atoms with E-state index in [0.717, 1.165) is 22.4 Å². The molecule has 1 atom stereocenters. The Morgan fingerprint density at radius 3 is 2.19 bits per heavy atom. The first-order chi connectivity index (χ1) is 12.1. The SMILES string of the molecule is Cl.NC1C(c2ccccc2)=CC(c2ccccc2)=NN1CCCC(=O)O. The van der Waals surface area contributed by atoms with Gasteiger partial charge >= 0.3 is 5.97 Å². The molecule has 0 amide bonds. The van der Waals surface area contributed by atoms with Gasteiger partial charge in [0, 0.05) is 18.5 Å². The zero-order valence-corrected chi connectivity index (χ0v) is 15.1. The van der Waals surface area contributed by atoms with Gasteiger partial charge < -0.3 is 10.8 Å². The Kier molecular flexibility index (Phi) is 6.95. The number of hydrazone groups is 1. The average molecular weight is 372 g/mol. The summed E-state index contributed by atoms with van der Waals surface area (Å²) in [6.07, 6.45) is 2.22. The monoisotopic (exact) mass is 371 g/mol. The van der Waals surface area contributed by atoms with Crippen molar-refractivity contribution in [2.45, 2.75) is 19.0 Å². The molecule has 0 radical (unpaired) electrons. The van der Waals surface area contributed by atoms with E-state index in [1.165, 1.54) is 0 Å². The summed E-state index contributed by atoms with van der Waals surface area (Å²) in [4.78, 5) is 10.8. The number of rotatable bonds is 6. The largest absolute Gasteiger partial charge is 0.481 e. The van der Waals surface area contributed by atoms with Gasteiger partial charge in [0.2, 0.25) is 0 Å². The Bertz CT molecular complexity index is 791. The maximum atomic E-state index is 10.8. The Labute approximate surface area is 159 Å². The van der Waals surface area contributed by atoms with Crippen molar-refractivity contribution in [3.63, 3.8) is 0 Å². The summed E-state index contributed by atoms with van der Waals surface area (Å²) in [5.74, 6) is -0.809. The van der Waals surface area contributed by atoms with Gasteiger partial charge in [-0.3, -0.25) is 9.80 Å². The predicted octanol–water partition coefficient (Wildman–Crippen LogP) is 3.36. The smallest absolute Gasteiger partial charge is 0.303 e. The summed E-state index contributed by atoms with van der Waals surface area (Å²) in [7, 11) is 0. The van der Waals surface area contributed by atoms with Crippen LogP contribution in [0.1, 0.15) is 24.0 Å². The van der Waals surface area contributed by atoms with Crippen LogP contribution in [0.3, 0.4) is 0 Å². The highest BCUT2D eigenvalue weighted by atomic mass is 35.5. The number of nitrogens with two attached hydrogens (primary N) is 1. The third-order valence-corrected chi connectivity index (χ3v) is 4.12. The number of carboxylic acids is 1. The lowest BCUT2D eigenvalue weighted by molar-refractivity contribution is -0.137. The van der Waals surface area contributed by atoms with Crippen molar-refractivity contribution < 1.29 is 9.90 Å². The second kappa shape index (κ2) is 9.17. The van der Waals surface area contributed by atoms with Crippen LogP contribution < -0.4 is 5.73 Å². The molecule has 0 bridgehead atoms. The molecular formula is C20H22ClN3O2. The molecule has 5 nitrogen and oxygen atoms in total. The molecule has 0 aromatic heterocycles. The summed E-state index contributed by atoms with van der Waals surface area (Å²) < 4.78 is 0. The predicted molar refractivity (Wildman–Crippen MR) is 106 cm³/mol. The molecule has 0 fully saturated rings. The Morgan fingerprint density at radius 2 is 1.62 bits per heavy atom. The Balaban J connectivity index is 0.00000243. The average Bonchev–Trinajstić information content (AvgIpc) is 2.64. The number of nitrogens with zero attached hydrogens (tertiary/aromatic N) is 2. The fourth-order valence-electron chi connectivity index (χ4n) is 2.84. The fraction of sp³-hybridized carbons (Fsp3) is 0.200. The lowest BCUT2D eigenvalue weighted by Crippen LogP contribution is -2.43. The molecule has 1 aliphatic rings. The minimum atomic E-state index is -0.809. The first kappa shape index (κ1) is 19.7. The number of hydrogen-bond donors (Lipinski definition) is 2. The summed E-state index contributed by atoms with van der Waals surface area (Å²) in [5, 5.41) is 15.3. The fourth-order valence-corrected chi connectivity index (χ4v) is 2.84. The van der Waals surface area contributed by atoms with Crippen LogP contribution >= 0.6 is 12.4 Å². The topological polar surface area (TPSA) is 78.9 Å². The highest BCUT2D eigenvalue weighted by Crippen LogP contribution is 2.25. The Morgan fingerprint density at radius 1 is 1.04 bits per heavy atom. The lowest BCUT2D eigenvalue weighted by atomic mass is 9.97. The van der Waals surface area contributed by atoms with Gasteiger partial charge in [0.05, 0.1) is 5.71 Å². The summed E-state index contributed by atoms with van der Waals surface area (Å²) >= 11 is 0. The van der Waals surface area contributed by atoms with E-state index in [-0.39, 0.29) is 18.8 Å². The second-order valence-electron chi connectivity index (χ2n) is 5.92. The third-order valence-electron chi connectivity index (χ3n) is 4.12. The van der Waals surface area contributed by atoms with Crippen LogP contribution in [0.2, 0.25) is 0 Å². The van der Waals surface area contributed by atoms with Crippen molar-refractivity contribution in [1.29, 1.82) is 0 Å².